The van der Waals surface area contributed by atoms with Crippen LogP contribution in [0.15, 0.2) is 18.2 Å². The minimum atomic E-state index is -4.95. The molecular weight excluding hydrogens is 235 g/mol. The maximum atomic E-state index is 12.3. The second kappa shape index (κ2) is 4.65. The van der Waals surface area contributed by atoms with E-state index < -0.39 is 30.7 Å². The van der Waals surface area contributed by atoms with Crippen molar-refractivity contribution in [3.63, 3.8) is 0 Å². The molecule has 1 aromatic carbocycles. The summed E-state index contributed by atoms with van der Waals surface area (Å²) in [6.45, 7) is -0.644. The lowest BCUT2D eigenvalue weighted by molar-refractivity contribution is -0.274. The molecule has 1 rings (SSSR count). The van der Waals surface area contributed by atoms with Crippen LogP contribution in [0.5, 0.6) is 5.75 Å². The number of rotatable bonds is 3. The zero-order valence-electron chi connectivity index (χ0n) is 7.76. The Bertz CT molecular complexity index is 361. The van der Waals surface area contributed by atoms with Crippen molar-refractivity contribution in [1.82, 2.24) is 0 Å². The number of aliphatic hydroxyl groups is 1. The molecule has 0 radical (unpaired) electrons. The number of ether oxygens (including phenoxy) is 1. The van der Waals surface area contributed by atoms with Crippen LogP contribution in [0.1, 0.15) is 17.6 Å². The first-order valence-electron chi connectivity index (χ1n) is 4.10. The molecule has 0 bridgehead atoms. The van der Waals surface area contributed by atoms with Gasteiger partial charge in [-0.25, -0.2) is 8.78 Å². The summed E-state index contributed by atoms with van der Waals surface area (Å²) in [7, 11) is 0. The predicted molar refractivity (Wildman–Crippen MR) is 44.0 cm³/mol. The quantitative estimate of drug-likeness (QED) is 0.825. The molecule has 0 unspecified atom stereocenters. The smallest absolute Gasteiger partial charge is 0.406 e. The molecule has 1 aromatic rings. The van der Waals surface area contributed by atoms with Gasteiger partial charge in [0.15, 0.2) is 0 Å². The van der Waals surface area contributed by atoms with Gasteiger partial charge in [0.1, 0.15) is 5.75 Å². The number of benzene rings is 1. The molecule has 0 spiro atoms. The molecule has 0 aliphatic carbocycles. The highest BCUT2D eigenvalue weighted by Crippen LogP contribution is 2.29. The lowest BCUT2D eigenvalue weighted by atomic mass is 10.1. The zero-order chi connectivity index (χ0) is 12.3. The first kappa shape index (κ1) is 12.7. The molecule has 7 heteroatoms. The van der Waals surface area contributed by atoms with Crippen LogP contribution in [0.4, 0.5) is 22.0 Å². The molecule has 0 heterocycles. The minimum Gasteiger partial charge on any atom is -0.406 e. The van der Waals surface area contributed by atoms with Crippen LogP contribution in [0.25, 0.3) is 0 Å². The Labute approximate surface area is 87.3 Å². The first-order chi connectivity index (χ1) is 7.31. The van der Waals surface area contributed by atoms with Gasteiger partial charge in [-0.1, -0.05) is 0 Å². The van der Waals surface area contributed by atoms with Gasteiger partial charge < -0.3 is 9.84 Å². The lowest BCUT2D eigenvalue weighted by Gasteiger charge is -2.11. The maximum Gasteiger partial charge on any atom is 0.573 e. The standard InChI is InChI=1S/C9H7F5O2/c10-8(11)6-1-5(4-15)2-7(3-6)16-9(12,13)14/h1-3,8,15H,4H2. The van der Waals surface area contributed by atoms with Crippen molar-refractivity contribution in [3.8, 4) is 5.75 Å². The number of hydrogen-bond acceptors (Lipinski definition) is 2. The summed E-state index contributed by atoms with van der Waals surface area (Å²) < 4.78 is 63.6. The molecule has 1 N–H and O–H groups in total. The summed E-state index contributed by atoms with van der Waals surface area (Å²) in [6.07, 6.45) is -7.88. The van der Waals surface area contributed by atoms with Gasteiger partial charge >= 0.3 is 6.36 Å². The molecule has 0 atom stereocenters. The fourth-order valence-electron chi connectivity index (χ4n) is 1.10. The number of halogens is 5. The largest absolute Gasteiger partial charge is 0.573 e. The second-order valence-electron chi connectivity index (χ2n) is 2.92. The summed E-state index contributed by atoms with van der Waals surface area (Å²) >= 11 is 0. The van der Waals surface area contributed by atoms with E-state index in [-0.39, 0.29) is 5.56 Å². The fourth-order valence-corrected chi connectivity index (χ4v) is 1.10. The molecule has 0 fully saturated rings. The van der Waals surface area contributed by atoms with Gasteiger partial charge in [0, 0.05) is 5.56 Å². The molecule has 0 aliphatic heterocycles. The van der Waals surface area contributed by atoms with E-state index in [2.05, 4.69) is 4.74 Å². The van der Waals surface area contributed by atoms with Crippen LogP contribution >= 0.6 is 0 Å². The first-order valence-corrected chi connectivity index (χ1v) is 4.10. The van der Waals surface area contributed by atoms with Gasteiger partial charge in [0.2, 0.25) is 0 Å². The Hall–Kier alpha value is -1.37. The molecule has 90 valence electrons. The summed E-state index contributed by atoms with van der Waals surface area (Å²) in [5, 5.41) is 8.68. The summed E-state index contributed by atoms with van der Waals surface area (Å²) in [4.78, 5) is 0. The van der Waals surface area contributed by atoms with Crippen LogP contribution in [0.2, 0.25) is 0 Å². The normalized spacial score (nSPS) is 11.9. The molecule has 16 heavy (non-hydrogen) atoms. The van der Waals surface area contributed by atoms with E-state index in [9.17, 15) is 22.0 Å². The third kappa shape index (κ3) is 3.65. The van der Waals surface area contributed by atoms with Crippen molar-refractivity contribution in [3.05, 3.63) is 29.3 Å². The van der Waals surface area contributed by atoms with Gasteiger partial charge in [-0.15, -0.1) is 13.2 Å². The zero-order valence-corrected chi connectivity index (χ0v) is 7.76. The molecule has 0 aliphatic rings. The predicted octanol–water partition coefficient (Wildman–Crippen LogP) is 3.02. The van der Waals surface area contributed by atoms with E-state index in [1.807, 2.05) is 0 Å². The van der Waals surface area contributed by atoms with Gasteiger partial charge in [-0.05, 0) is 23.8 Å². The van der Waals surface area contributed by atoms with Crippen LogP contribution in [-0.4, -0.2) is 11.5 Å². The van der Waals surface area contributed by atoms with E-state index in [1.54, 1.807) is 0 Å². The Balaban J connectivity index is 3.04. The van der Waals surface area contributed by atoms with Crippen molar-refractivity contribution in [2.45, 2.75) is 19.4 Å². The van der Waals surface area contributed by atoms with Gasteiger partial charge in [-0.3, -0.25) is 0 Å². The van der Waals surface area contributed by atoms with E-state index in [0.29, 0.717) is 6.07 Å². The number of alkyl halides is 5. The number of hydrogen-bond donors (Lipinski definition) is 1. The van der Waals surface area contributed by atoms with Crippen molar-refractivity contribution in [2.24, 2.45) is 0 Å². The van der Waals surface area contributed by atoms with Crippen molar-refractivity contribution < 1.29 is 31.8 Å². The monoisotopic (exact) mass is 242 g/mol. The van der Waals surface area contributed by atoms with E-state index in [1.165, 1.54) is 0 Å². The van der Waals surface area contributed by atoms with Crippen molar-refractivity contribution in [2.75, 3.05) is 0 Å². The Morgan fingerprint density at radius 3 is 2.25 bits per heavy atom. The highest BCUT2D eigenvalue weighted by Gasteiger charge is 2.31. The van der Waals surface area contributed by atoms with Gasteiger partial charge in [0.05, 0.1) is 6.61 Å². The summed E-state index contributed by atoms with van der Waals surface area (Å²) in [5.41, 5.74) is -0.706. The third-order valence-corrected chi connectivity index (χ3v) is 1.66. The molecule has 0 saturated carbocycles. The fraction of sp³-hybridized carbons (Fsp3) is 0.333. The molecule has 0 aromatic heterocycles. The molecular formula is C9H7F5O2. The van der Waals surface area contributed by atoms with E-state index in [4.69, 9.17) is 5.11 Å². The average molecular weight is 242 g/mol. The Morgan fingerprint density at radius 1 is 1.19 bits per heavy atom. The summed E-state index contributed by atoms with van der Waals surface area (Å²) in [5.74, 6) is -0.769. The third-order valence-electron chi connectivity index (χ3n) is 1.66. The highest BCUT2D eigenvalue weighted by molar-refractivity contribution is 5.35. The molecule has 0 amide bonds. The molecule has 2 nitrogen and oxygen atoms in total. The Morgan fingerprint density at radius 2 is 1.81 bits per heavy atom. The summed E-state index contributed by atoms with van der Waals surface area (Å²) in [6, 6.07) is 2.34. The average Bonchev–Trinajstić information content (AvgIpc) is 2.14. The van der Waals surface area contributed by atoms with Gasteiger partial charge in [-0.2, -0.15) is 0 Å². The SMILES string of the molecule is OCc1cc(OC(F)(F)F)cc(C(F)F)c1. The van der Waals surface area contributed by atoms with E-state index >= 15 is 0 Å². The van der Waals surface area contributed by atoms with Crippen molar-refractivity contribution in [1.29, 1.82) is 0 Å². The van der Waals surface area contributed by atoms with Crippen LogP contribution in [-0.2, 0) is 6.61 Å². The Kier molecular flexibility index (Phi) is 3.69. The molecule has 0 saturated heterocycles. The van der Waals surface area contributed by atoms with E-state index in [0.717, 1.165) is 12.1 Å². The van der Waals surface area contributed by atoms with Gasteiger partial charge in [0.25, 0.3) is 6.43 Å². The second-order valence-corrected chi connectivity index (χ2v) is 2.92. The topological polar surface area (TPSA) is 29.5 Å². The van der Waals surface area contributed by atoms with Crippen molar-refractivity contribution >= 4 is 0 Å². The number of aliphatic hydroxyl groups excluding tert-OH is 1. The minimum absolute atomic E-state index is 0.0722. The van der Waals surface area contributed by atoms with Crippen LogP contribution in [0.3, 0.4) is 0 Å². The van der Waals surface area contributed by atoms with Crippen LogP contribution < -0.4 is 4.74 Å². The highest BCUT2D eigenvalue weighted by atomic mass is 19.4. The lowest BCUT2D eigenvalue weighted by Crippen LogP contribution is -2.17. The maximum absolute atomic E-state index is 12.3. The van der Waals surface area contributed by atoms with Crippen LogP contribution in [0, 0.1) is 0 Å².